The van der Waals surface area contributed by atoms with Crippen LogP contribution in [0.25, 0.3) is 0 Å². The predicted molar refractivity (Wildman–Crippen MR) is 91.8 cm³/mol. The summed E-state index contributed by atoms with van der Waals surface area (Å²) in [6, 6.07) is 12.0. The monoisotopic (exact) mass is 341 g/mol. The molecule has 25 heavy (non-hydrogen) atoms. The zero-order valence-electron chi connectivity index (χ0n) is 14.8. The van der Waals surface area contributed by atoms with Crippen LogP contribution >= 0.6 is 0 Å². The van der Waals surface area contributed by atoms with E-state index in [1.807, 2.05) is 30.1 Å². The van der Waals surface area contributed by atoms with Gasteiger partial charge < -0.3 is 14.4 Å². The summed E-state index contributed by atoms with van der Waals surface area (Å²) < 4.78 is 12.8. The van der Waals surface area contributed by atoms with Crippen LogP contribution < -0.4 is 0 Å². The summed E-state index contributed by atoms with van der Waals surface area (Å²) in [6.07, 6.45) is 3.38. The van der Waals surface area contributed by atoms with Gasteiger partial charge in [-0.3, -0.25) is 9.48 Å². The van der Waals surface area contributed by atoms with Crippen LogP contribution in [0.3, 0.4) is 0 Å². The van der Waals surface area contributed by atoms with Gasteiger partial charge in [-0.1, -0.05) is 30.3 Å². The molecule has 4 rings (SSSR count). The lowest BCUT2D eigenvalue weighted by molar-refractivity contribution is -0.330. The third kappa shape index (κ3) is 2.40. The Morgan fingerprint density at radius 3 is 2.40 bits per heavy atom. The molecule has 0 radical (unpaired) electrons. The predicted octanol–water partition coefficient (Wildman–Crippen LogP) is 2.39. The highest BCUT2D eigenvalue weighted by Crippen LogP contribution is 2.65. The quantitative estimate of drug-likeness (QED) is 0.801. The van der Waals surface area contributed by atoms with Crippen LogP contribution in [0.5, 0.6) is 0 Å². The maximum atomic E-state index is 12.9. The summed E-state index contributed by atoms with van der Waals surface area (Å²) in [7, 11) is 5.19. The van der Waals surface area contributed by atoms with E-state index in [1.54, 1.807) is 31.2 Å². The van der Waals surface area contributed by atoms with Gasteiger partial charge in [0.15, 0.2) is 5.79 Å². The molecule has 1 atom stereocenters. The third-order valence-electron chi connectivity index (χ3n) is 5.67. The number of methoxy groups -OCH3 is 2. The van der Waals surface area contributed by atoms with Gasteiger partial charge in [-0.05, 0) is 11.6 Å². The number of ether oxygens (including phenoxy) is 2. The van der Waals surface area contributed by atoms with Gasteiger partial charge in [-0.2, -0.15) is 5.10 Å². The number of benzene rings is 1. The first kappa shape index (κ1) is 16.3. The Morgan fingerprint density at radius 2 is 1.84 bits per heavy atom. The van der Waals surface area contributed by atoms with Crippen molar-refractivity contribution in [2.24, 2.45) is 12.5 Å². The van der Waals surface area contributed by atoms with Crippen molar-refractivity contribution < 1.29 is 14.3 Å². The standard InChI is InChI=1S/C19H23N3O3/c1-21-10-9-15(20-21)17(23)22-13-18(11-19(12-18,24-2)25-3)16(22)14-7-5-4-6-8-14/h4-10,16H,11-13H2,1-3H3. The lowest BCUT2D eigenvalue weighted by atomic mass is 9.53. The lowest BCUT2D eigenvalue weighted by Crippen LogP contribution is -2.71. The summed E-state index contributed by atoms with van der Waals surface area (Å²) in [5.41, 5.74) is 1.65. The fourth-order valence-electron chi connectivity index (χ4n) is 4.47. The highest BCUT2D eigenvalue weighted by molar-refractivity contribution is 5.93. The molecular weight excluding hydrogens is 318 g/mol. The maximum Gasteiger partial charge on any atom is 0.274 e. The minimum atomic E-state index is -0.521. The molecule has 0 bridgehead atoms. The van der Waals surface area contributed by atoms with Crippen molar-refractivity contribution >= 4 is 5.91 Å². The van der Waals surface area contributed by atoms with E-state index in [0.29, 0.717) is 12.2 Å². The van der Waals surface area contributed by atoms with E-state index in [4.69, 9.17) is 9.47 Å². The summed E-state index contributed by atoms with van der Waals surface area (Å²) in [5.74, 6) is -0.542. The average molecular weight is 341 g/mol. The Kier molecular flexibility index (Phi) is 3.70. The van der Waals surface area contributed by atoms with Gasteiger partial charge >= 0.3 is 0 Å². The molecule has 6 nitrogen and oxygen atoms in total. The number of aromatic nitrogens is 2. The average Bonchev–Trinajstić information content (AvgIpc) is 3.01. The second-order valence-electron chi connectivity index (χ2n) is 7.16. The van der Waals surface area contributed by atoms with Crippen molar-refractivity contribution in [3.05, 3.63) is 53.9 Å². The molecule has 2 fully saturated rings. The van der Waals surface area contributed by atoms with E-state index in [-0.39, 0.29) is 17.4 Å². The van der Waals surface area contributed by atoms with Crippen molar-refractivity contribution in [3.8, 4) is 0 Å². The molecule has 1 aliphatic heterocycles. The summed E-state index contributed by atoms with van der Waals surface area (Å²) in [4.78, 5) is 14.9. The molecular formula is C19H23N3O3. The fraction of sp³-hybridized carbons (Fsp3) is 0.474. The normalized spacial score (nSPS) is 23.2. The van der Waals surface area contributed by atoms with Crippen LogP contribution in [0.15, 0.2) is 42.6 Å². The van der Waals surface area contributed by atoms with Crippen LogP contribution in [-0.4, -0.2) is 47.1 Å². The first-order valence-corrected chi connectivity index (χ1v) is 8.48. The van der Waals surface area contributed by atoms with Gasteiger partial charge in [0.25, 0.3) is 5.91 Å². The maximum absolute atomic E-state index is 12.9. The lowest BCUT2D eigenvalue weighted by Gasteiger charge is -2.67. The Balaban J connectivity index is 1.63. The Morgan fingerprint density at radius 1 is 1.16 bits per heavy atom. The van der Waals surface area contributed by atoms with Crippen LogP contribution in [-0.2, 0) is 16.5 Å². The summed E-state index contributed by atoms with van der Waals surface area (Å²) in [6.45, 7) is 0.705. The Hall–Kier alpha value is -2.18. The molecule has 6 heteroatoms. The fourth-order valence-corrected chi connectivity index (χ4v) is 4.47. The minimum Gasteiger partial charge on any atom is -0.353 e. The van der Waals surface area contributed by atoms with Crippen LogP contribution in [0, 0.1) is 5.41 Å². The number of hydrogen-bond donors (Lipinski definition) is 0. The summed E-state index contributed by atoms with van der Waals surface area (Å²) >= 11 is 0. The van der Waals surface area contributed by atoms with Crippen molar-refractivity contribution in [2.45, 2.75) is 24.7 Å². The van der Waals surface area contributed by atoms with Crippen LogP contribution in [0.4, 0.5) is 0 Å². The van der Waals surface area contributed by atoms with Crippen molar-refractivity contribution in [2.75, 3.05) is 20.8 Å². The molecule has 1 aliphatic carbocycles. The van der Waals surface area contributed by atoms with Crippen LogP contribution in [0.1, 0.15) is 34.9 Å². The SMILES string of the molecule is COC1(OC)CC2(CN(C(=O)c3ccn(C)n3)C2c2ccccc2)C1. The Bertz CT molecular complexity index is 774. The number of carbonyl (C=O) groups is 1. The first-order valence-electron chi connectivity index (χ1n) is 8.48. The van der Waals surface area contributed by atoms with Gasteiger partial charge in [0.05, 0.1) is 6.04 Å². The molecule has 2 aliphatic rings. The number of aryl methyl sites for hydroxylation is 1. The van der Waals surface area contributed by atoms with E-state index in [9.17, 15) is 4.79 Å². The Labute approximate surface area is 147 Å². The molecule has 2 heterocycles. The second kappa shape index (κ2) is 5.68. The molecule has 0 N–H and O–H groups in total. The minimum absolute atomic E-state index is 0.0117. The van der Waals surface area contributed by atoms with E-state index < -0.39 is 5.79 Å². The van der Waals surface area contributed by atoms with Crippen molar-refractivity contribution in [3.63, 3.8) is 0 Å². The number of likely N-dealkylation sites (tertiary alicyclic amines) is 1. The molecule has 1 amide bonds. The van der Waals surface area contributed by atoms with Crippen molar-refractivity contribution in [1.82, 2.24) is 14.7 Å². The zero-order valence-corrected chi connectivity index (χ0v) is 14.8. The topological polar surface area (TPSA) is 56.6 Å². The molecule has 1 aromatic carbocycles. The molecule has 1 aromatic heterocycles. The number of carbonyl (C=O) groups excluding carboxylic acids is 1. The largest absolute Gasteiger partial charge is 0.353 e. The third-order valence-corrected chi connectivity index (χ3v) is 5.67. The molecule has 132 valence electrons. The molecule has 1 saturated heterocycles. The van der Waals surface area contributed by atoms with Gasteiger partial charge in [0.2, 0.25) is 0 Å². The van der Waals surface area contributed by atoms with Gasteiger partial charge in [0, 0.05) is 52.3 Å². The molecule has 2 aromatic rings. The van der Waals surface area contributed by atoms with Gasteiger partial charge in [-0.15, -0.1) is 0 Å². The van der Waals surface area contributed by atoms with E-state index in [0.717, 1.165) is 18.4 Å². The van der Waals surface area contributed by atoms with E-state index >= 15 is 0 Å². The molecule has 1 saturated carbocycles. The molecule has 1 spiro atoms. The highest BCUT2D eigenvalue weighted by Gasteiger charge is 2.67. The number of hydrogen-bond acceptors (Lipinski definition) is 4. The number of rotatable bonds is 4. The van der Waals surface area contributed by atoms with E-state index in [2.05, 4.69) is 17.2 Å². The second-order valence-corrected chi connectivity index (χ2v) is 7.16. The van der Waals surface area contributed by atoms with Gasteiger partial charge in [-0.25, -0.2) is 0 Å². The van der Waals surface area contributed by atoms with Gasteiger partial charge in [0.1, 0.15) is 5.69 Å². The first-order chi connectivity index (χ1) is 12.0. The molecule has 1 unspecified atom stereocenters. The van der Waals surface area contributed by atoms with Crippen molar-refractivity contribution in [1.29, 1.82) is 0 Å². The number of nitrogens with zero attached hydrogens (tertiary/aromatic N) is 3. The highest BCUT2D eigenvalue weighted by atomic mass is 16.7. The number of amides is 1. The summed E-state index contributed by atoms with van der Waals surface area (Å²) in [5, 5.41) is 4.27. The van der Waals surface area contributed by atoms with Crippen LogP contribution in [0.2, 0.25) is 0 Å². The smallest absolute Gasteiger partial charge is 0.274 e. The zero-order chi connectivity index (χ0) is 17.7. The van der Waals surface area contributed by atoms with E-state index in [1.165, 1.54) is 0 Å².